The van der Waals surface area contributed by atoms with Crippen LogP contribution in [0.25, 0.3) is 10.9 Å². The smallest absolute Gasteiger partial charge is 0.338 e. The second-order valence-electron chi connectivity index (χ2n) is 4.10. The molecule has 0 radical (unpaired) electrons. The molecule has 0 bridgehead atoms. The Hall–Kier alpha value is -2.30. The molecule has 0 atom stereocenters. The maximum atomic E-state index is 11.5. The number of aromatic carboxylic acids is 1. The molecule has 3 rings (SSSR count). The fourth-order valence-corrected chi connectivity index (χ4v) is 2.44. The number of benzene rings is 1. The van der Waals surface area contributed by atoms with Crippen molar-refractivity contribution in [3.05, 3.63) is 29.5 Å². The average Bonchev–Trinajstić information content (AvgIpc) is 2.54. The monoisotopic (exact) mass is 230 g/mol. The first kappa shape index (κ1) is 9.89. The zero-order valence-corrected chi connectivity index (χ0v) is 9.15. The molecule has 1 aliphatic heterocycles. The van der Waals surface area contributed by atoms with Crippen molar-refractivity contribution >= 4 is 28.5 Å². The standard InChI is InChI=1S/C12H10N2O3/c1-6-10(12(16)17)7-3-2-4-8-11(7)14(6)5-9(15)13-8/h2-4H,5H2,1H3,(H,13,15)(H,16,17). The summed E-state index contributed by atoms with van der Waals surface area (Å²) in [5, 5.41) is 12.7. The van der Waals surface area contributed by atoms with Crippen molar-refractivity contribution in [2.45, 2.75) is 13.5 Å². The molecule has 0 saturated carbocycles. The number of carbonyl (C=O) groups is 2. The Labute approximate surface area is 96.7 Å². The zero-order chi connectivity index (χ0) is 12.2. The minimum absolute atomic E-state index is 0.124. The predicted octanol–water partition coefficient (Wildman–Crippen LogP) is 1.60. The lowest BCUT2D eigenvalue weighted by atomic mass is 10.1. The third-order valence-electron chi connectivity index (χ3n) is 3.13. The van der Waals surface area contributed by atoms with E-state index in [9.17, 15) is 14.7 Å². The Morgan fingerprint density at radius 2 is 2.24 bits per heavy atom. The normalized spacial score (nSPS) is 13.8. The molecule has 2 N–H and O–H groups in total. The van der Waals surface area contributed by atoms with Crippen molar-refractivity contribution in [2.24, 2.45) is 0 Å². The van der Waals surface area contributed by atoms with E-state index in [2.05, 4.69) is 5.32 Å². The van der Waals surface area contributed by atoms with Gasteiger partial charge in [-0.1, -0.05) is 12.1 Å². The molecule has 17 heavy (non-hydrogen) atoms. The SMILES string of the molecule is Cc1c(C(=O)O)c2cccc3c2n1CC(=O)N3. The van der Waals surface area contributed by atoms with Crippen LogP contribution in [0.2, 0.25) is 0 Å². The van der Waals surface area contributed by atoms with Gasteiger partial charge in [0, 0.05) is 11.1 Å². The Morgan fingerprint density at radius 3 is 2.94 bits per heavy atom. The summed E-state index contributed by atoms with van der Waals surface area (Å²) in [7, 11) is 0. The summed E-state index contributed by atoms with van der Waals surface area (Å²) in [4.78, 5) is 22.8. The number of carbonyl (C=O) groups excluding carboxylic acids is 1. The third-order valence-corrected chi connectivity index (χ3v) is 3.13. The average molecular weight is 230 g/mol. The van der Waals surface area contributed by atoms with E-state index in [0.717, 1.165) is 5.52 Å². The zero-order valence-electron chi connectivity index (χ0n) is 9.15. The molecule has 5 heteroatoms. The first-order valence-corrected chi connectivity index (χ1v) is 5.24. The van der Waals surface area contributed by atoms with E-state index in [0.29, 0.717) is 16.8 Å². The molecule has 1 aliphatic rings. The van der Waals surface area contributed by atoms with Gasteiger partial charge in [0.2, 0.25) is 5.91 Å². The van der Waals surface area contributed by atoms with Crippen LogP contribution in [-0.2, 0) is 11.3 Å². The van der Waals surface area contributed by atoms with Gasteiger partial charge in [0.15, 0.2) is 0 Å². The van der Waals surface area contributed by atoms with Crippen LogP contribution >= 0.6 is 0 Å². The molecule has 1 aromatic heterocycles. The summed E-state index contributed by atoms with van der Waals surface area (Å²) in [6, 6.07) is 5.30. The van der Waals surface area contributed by atoms with Crippen molar-refractivity contribution < 1.29 is 14.7 Å². The van der Waals surface area contributed by atoms with Gasteiger partial charge in [0.25, 0.3) is 0 Å². The van der Waals surface area contributed by atoms with Crippen LogP contribution in [0.5, 0.6) is 0 Å². The quantitative estimate of drug-likeness (QED) is 0.781. The first-order valence-electron chi connectivity index (χ1n) is 5.24. The number of para-hydroxylation sites is 1. The van der Waals surface area contributed by atoms with E-state index in [1.807, 2.05) is 0 Å². The number of anilines is 1. The van der Waals surface area contributed by atoms with Crippen molar-refractivity contribution in [1.29, 1.82) is 0 Å². The highest BCUT2D eigenvalue weighted by atomic mass is 16.4. The third kappa shape index (κ3) is 1.19. The van der Waals surface area contributed by atoms with E-state index >= 15 is 0 Å². The van der Waals surface area contributed by atoms with Crippen LogP contribution in [-0.4, -0.2) is 21.6 Å². The summed E-state index contributed by atoms with van der Waals surface area (Å²) in [6.45, 7) is 1.90. The van der Waals surface area contributed by atoms with Crippen LogP contribution in [0, 0.1) is 6.92 Å². The lowest BCUT2D eigenvalue weighted by Gasteiger charge is -2.17. The van der Waals surface area contributed by atoms with Crippen LogP contribution in [0.4, 0.5) is 5.69 Å². The van der Waals surface area contributed by atoms with Gasteiger partial charge < -0.3 is 15.0 Å². The van der Waals surface area contributed by atoms with Gasteiger partial charge in [-0.15, -0.1) is 0 Å². The van der Waals surface area contributed by atoms with Crippen LogP contribution < -0.4 is 5.32 Å². The fourth-order valence-electron chi connectivity index (χ4n) is 2.44. The molecular formula is C12H10N2O3. The van der Waals surface area contributed by atoms with Crippen molar-refractivity contribution in [1.82, 2.24) is 4.57 Å². The highest BCUT2D eigenvalue weighted by Crippen LogP contribution is 2.33. The topological polar surface area (TPSA) is 71.3 Å². The highest BCUT2D eigenvalue weighted by molar-refractivity contribution is 6.12. The lowest BCUT2D eigenvalue weighted by molar-refractivity contribution is -0.116. The number of rotatable bonds is 1. The molecule has 1 amide bonds. The van der Waals surface area contributed by atoms with E-state index in [4.69, 9.17) is 0 Å². The van der Waals surface area contributed by atoms with Crippen molar-refractivity contribution in [3.8, 4) is 0 Å². The molecule has 2 heterocycles. The Morgan fingerprint density at radius 1 is 1.47 bits per heavy atom. The second-order valence-corrected chi connectivity index (χ2v) is 4.10. The Bertz CT molecular complexity index is 670. The Balaban J connectivity index is 2.49. The summed E-state index contributed by atoms with van der Waals surface area (Å²) in [5.41, 5.74) is 2.37. The highest BCUT2D eigenvalue weighted by Gasteiger charge is 2.25. The van der Waals surface area contributed by atoms with Crippen LogP contribution in [0.3, 0.4) is 0 Å². The molecule has 0 saturated heterocycles. The predicted molar refractivity (Wildman–Crippen MR) is 62.3 cm³/mol. The number of nitrogens with zero attached hydrogens (tertiary/aromatic N) is 1. The number of amides is 1. The molecule has 0 spiro atoms. The van der Waals surface area contributed by atoms with Crippen LogP contribution in [0.1, 0.15) is 16.1 Å². The van der Waals surface area contributed by atoms with Gasteiger partial charge in [-0.3, -0.25) is 4.79 Å². The lowest BCUT2D eigenvalue weighted by Crippen LogP contribution is -2.24. The fraction of sp³-hybridized carbons (Fsp3) is 0.167. The van der Waals surface area contributed by atoms with Gasteiger partial charge in [-0.2, -0.15) is 0 Å². The Kier molecular flexibility index (Phi) is 1.80. The van der Waals surface area contributed by atoms with Crippen molar-refractivity contribution in [2.75, 3.05) is 5.32 Å². The largest absolute Gasteiger partial charge is 0.478 e. The summed E-state index contributed by atoms with van der Waals surface area (Å²) >= 11 is 0. The minimum Gasteiger partial charge on any atom is -0.478 e. The summed E-state index contributed by atoms with van der Waals surface area (Å²) in [6.07, 6.45) is 0. The van der Waals surface area contributed by atoms with Gasteiger partial charge >= 0.3 is 5.97 Å². The summed E-state index contributed by atoms with van der Waals surface area (Å²) < 4.78 is 1.76. The number of hydrogen-bond donors (Lipinski definition) is 2. The van der Waals surface area contributed by atoms with E-state index in [1.54, 1.807) is 29.7 Å². The molecule has 86 valence electrons. The number of hydrogen-bond acceptors (Lipinski definition) is 2. The van der Waals surface area contributed by atoms with Crippen molar-refractivity contribution in [3.63, 3.8) is 0 Å². The molecule has 0 unspecified atom stereocenters. The maximum absolute atomic E-state index is 11.5. The maximum Gasteiger partial charge on any atom is 0.338 e. The number of carboxylic acids is 1. The van der Waals surface area contributed by atoms with E-state index in [1.165, 1.54) is 0 Å². The molecule has 5 nitrogen and oxygen atoms in total. The molecule has 0 fully saturated rings. The number of nitrogens with one attached hydrogen (secondary N) is 1. The minimum atomic E-state index is -0.960. The molecule has 1 aromatic carbocycles. The van der Waals surface area contributed by atoms with Gasteiger partial charge in [-0.05, 0) is 13.0 Å². The van der Waals surface area contributed by atoms with E-state index < -0.39 is 5.97 Å². The molecule has 0 aliphatic carbocycles. The van der Waals surface area contributed by atoms with Crippen LogP contribution in [0.15, 0.2) is 18.2 Å². The number of aromatic nitrogens is 1. The second kappa shape index (κ2) is 3.10. The number of carboxylic acid groups (broad SMARTS) is 1. The molecular weight excluding hydrogens is 220 g/mol. The van der Waals surface area contributed by atoms with Gasteiger partial charge in [0.1, 0.15) is 6.54 Å². The van der Waals surface area contributed by atoms with Gasteiger partial charge in [0.05, 0.1) is 16.8 Å². The molecule has 2 aromatic rings. The van der Waals surface area contributed by atoms with Gasteiger partial charge in [-0.25, -0.2) is 4.79 Å². The summed E-state index contributed by atoms with van der Waals surface area (Å²) in [5.74, 6) is -1.08. The van der Waals surface area contributed by atoms with E-state index in [-0.39, 0.29) is 18.0 Å². The first-order chi connectivity index (χ1) is 8.09.